The molecular formula is C35H28ClN3O4S. The number of rotatable bonds is 10. The number of furan rings is 1. The fourth-order valence-electron chi connectivity index (χ4n) is 4.12. The van der Waals surface area contributed by atoms with Crippen molar-refractivity contribution in [3.63, 3.8) is 0 Å². The van der Waals surface area contributed by atoms with Crippen LogP contribution in [0.25, 0.3) is 17.4 Å². The molecule has 1 aromatic heterocycles. The maximum Gasteiger partial charge on any atom is 0.272 e. The second-order valence-electron chi connectivity index (χ2n) is 9.74. The second kappa shape index (κ2) is 14.4. The molecule has 1 heterocycles. The number of aryl methyl sites for hydroxylation is 1. The predicted octanol–water partition coefficient (Wildman–Crippen LogP) is 8.05. The van der Waals surface area contributed by atoms with Crippen LogP contribution in [0.2, 0.25) is 5.02 Å². The summed E-state index contributed by atoms with van der Waals surface area (Å²) in [6.45, 7) is 2.01. The smallest absolute Gasteiger partial charge is 0.272 e. The van der Waals surface area contributed by atoms with Crippen molar-refractivity contribution >= 4 is 58.5 Å². The Balaban J connectivity index is 1.27. The van der Waals surface area contributed by atoms with E-state index in [0.29, 0.717) is 33.5 Å². The SMILES string of the molecule is Cc1ccc(-c2ccc(/C=C(\NC(=O)c3ccccc3)C(=O)Nc3ccc(SCC(=O)Nc4ccccc4Cl)cc3)o2)cc1. The van der Waals surface area contributed by atoms with Gasteiger partial charge in [0.15, 0.2) is 0 Å². The summed E-state index contributed by atoms with van der Waals surface area (Å²) in [7, 11) is 0. The van der Waals surface area contributed by atoms with E-state index < -0.39 is 11.8 Å². The summed E-state index contributed by atoms with van der Waals surface area (Å²) in [6.07, 6.45) is 1.50. The molecule has 5 rings (SSSR count). The maximum absolute atomic E-state index is 13.4. The van der Waals surface area contributed by atoms with Crippen LogP contribution < -0.4 is 16.0 Å². The molecule has 0 aliphatic carbocycles. The fraction of sp³-hybridized carbons (Fsp3) is 0.0571. The number of para-hydroxylation sites is 1. The molecule has 0 spiro atoms. The van der Waals surface area contributed by atoms with E-state index in [2.05, 4.69) is 16.0 Å². The molecule has 5 aromatic rings. The van der Waals surface area contributed by atoms with Gasteiger partial charge >= 0.3 is 0 Å². The van der Waals surface area contributed by atoms with Crippen molar-refractivity contribution in [2.24, 2.45) is 0 Å². The Labute approximate surface area is 264 Å². The summed E-state index contributed by atoms with van der Waals surface area (Å²) in [5.41, 5.74) is 3.52. The largest absolute Gasteiger partial charge is 0.457 e. The number of hydrogen-bond donors (Lipinski definition) is 3. The summed E-state index contributed by atoms with van der Waals surface area (Å²) in [6, 6.07) is 34.2. The summed E-state index contributed by atoms with van der Waals surface area (Å²) in [5.74, 6) is 0.0808. The zero-order chi connectivity index (χ0) is 30.9. The van der Waals surface area contributed by atoms with Gasteiger partial charge in [0, 0.05) is 27.8 Å². The Morgan fingerprint density at radius 3 is 2.23 bits per heavy atom. The number of nitrogens with one attached hydrogen (secondary N) is 3. The summed E-state index contributed by atoms with van der Waals surface area (Å²) >= 11 is 7.46. The van der Waals surface area contributed by atoms with Gasteiger partial charge in [-0.2, -0.15) is 0 Å². The first-order valence-corrected chi connectivity index (χ1v) is 15.0. The number of thioether (sulfide) groups is 1. The van der Waals surface area contributed by atoms with E-state index in [4.69, 9.17) is 16.0 Å². The summed E-state index contributed by atoms with van der Waals surface area (Å²) in [5, 5.41) is 8.81. The highest BCUT2D eigenvalue weighted by atomic mass is 35.5. The average molecular weight is 622 g/mol. The van der Waals surface area contributed by atoms with Crippen LogP contribution in [0.3, 0.4) is 0 Å². The number of benzene rings is 4. The van der Waals surface area contributed by atoms with Crippen LogP contribution in [-0.4, -0.2) is 23.5 Å². The molecular weight excluding hydrogens is 594 g/mol. The number of halogens is 1. The molecule has 9 heteroatoms. The van der Waals surface area contributed by atoms with Crippen LogP contribution in [0.4, 0.5) is 11.4 Å². The van der Waals surface area contributed by atoms with Gasteiger partial charge < -0.3 is 20.4 Å². The number of amides is 3. The molecule has 0 aliphatic rings. The molecule has 3 N–H and O–H groups in total. The first kappa shape index (κ1) is 30.4. The van der Waals surface area contributed by atoms with E-state index in [1.54, 1.807) is 78.9 Å². The van der Waals surface area contributed by atoms with Gasteiger partial charge in [-0.1, -0.05) is 71.8 Å². The third-order valence-electron chi connectivity index (χ3n) is 6.41. The molecule has 220 valence electrons. The molecule has 3 amide bonds. The lowest BCUT2D eigenvalue weighted by molar-refractivity contribution is -0.114. The van der Waals surface area contributed by atoms with Gasteiger partial charge in [0.2, 0.25) is 5.91 Å². The highest BCUT2D eigenvalue weighted by Gasteiger charge is 2.16. The Morgan fingerprint density at radius 2 is 1.50 bits per heavy atom. The molecule has 0 atom stereocenters. The van der Waals surface area contributed by atoms with Crippen molar-refractivity contribution in [3.8, 4) is 11.3 Å². The Morgan fingerprint density at radius 1 is 0.795 bits per heavy atom. The van der Waals surface area contributed by atoms with Crippen molar-refractivity contribution in [2.75, 3.05) is 16.4 Å². The van der Waals surface area contributed by atoms with E-state index >= 15 is 0 Å². The number of anilines is 2. The normalized spacial score (nSPS) is 11.1. The van der Waals surface area contributed by atoms with Crippen molar-refractivity contribution in [1.29, 1.82) is 0 Å². The van der Waals surface area contributed by atoms with Gasteiger partial charge in [0.25, 0.3) is 11.8 Å². The Hall–Kier alpha value is -5.05. The van der Waals surface area contributed by atoms with Crippen molar-refractivity contribution < 1.29 is 18.8 Å². The van der Waals surface area contributed by atoms with Crippen molar-refractivity contribution in [3.05, 3.63) is 143 Å². The molecule has 0 saturated heterocycles. The lowest BCUT2D eigenvalue weighted by Crippen LogP contribution is -2.30. The fourth-order valence-corrected chi connectivity index (χ4v) is 5.00. The second-order valence-corrected chi connectivity index (χ2v) is 11.2. The van der Waals surface area contributed by atoms with Gasteiger partial charge in [-0.25, -0.2) is 0 Å². The van der Waals surface area contributed by atoms with Gasteiger partial charge in [-0.3, -0.25) is 14.4 Å². The first-order chi connectivity index (χ1) is 21.3. The molecule has 0 aliphatic heterocycles. The minimum atomic E-state index is -0.526. The molecule has 0 bridgehead atoms. The molecule has 44 heavy (non-hydrogen) atoms. The number of hydrogen-bond acceptors (Lipinski definition) is 5. The van der Waals surface area contributed by atoms with Crippen LogP contribution >= 0.6 is 23.4 Å². The molecule has 0 saturated carbocycles. The van der Waals surface area contributed by atoms with Gasteiger partial charge in [0.05, 0.1) is 16.5 Å². The Bertz CT molecular complexity index is 1800. The van der Waals surface area contributed by atoms with E-state index in [-0.39, 0.29) is 17.4 Å². The van der Waals surface area contributed by atoms with E-state index in [1.165, 1.54) is 17.8 Å². The summed E-state index contributed by atoms with van der Waals surface area (Å²) < 4.78 is 5.98. The lowest BCUT2D eigenvalue weighted by Gasteiger charge is -2.11. The molecule has 0 fully saturated rings. The van der Waals surface area contributed by atoms with Crippen LogP contribution in [0.1, 0.15) is 21.7 Å². The van der Waals surface area contributed by atoms with Crippen LogP contribution in [0.5, 0.6) is 0 Å². The Kier molecular flexibility index (Phi) is 9.96. The minimum Gasteiger partial charge on any atom is -0.457 e. The van der Waals surface area contributed by atoms with Gasteiger partial charge in [-0.15, -0.1) is 11.8 Å². The standard InChI is InChI=1S/C35H28ClN3O4S/c1-23-11-13-24(14-12-23)32-20-17-27(43-32)21-31(39-34(41)25-7-3-2-4-8-25)35(42)37-26-15-18-28(19-16-26)44-22-33(40)38-30-10-6-5-9-29(30)36/h2-21H,22H2,1H3,(H,37,42)(H,38,40)(H,39,41)/b31-21-. The lowest BCUT2D eigenvalue weighted by atomic mass is 10.1. The van der Waals surface area contributed by atoms with Crippen LogP contribution in [0, 0.1) is 6.92 Å². The van der Waals surface area contributed by atoms with Crippen molar-refractivity contribution in [2.45, 2.75) is 11.8 Å². The van der Waals surface area contributed by atoms with Gasteiger partial charge in [0.1, 0.15) is 17.2 Å². The van der Waals surface area contributed by atoms with Gasteiger partial charge in [-0.05, 0) is 67.6 Å². The van der Waals surface area contributed by atoms with E-state index in [0.717, 1.165) is 16.0 Å². The number of carbonyl (C=O) groups is 3. The molecule has 0 unspecified atom stereocenters. The van der Waals surface area contributed by atoms with Crippen molar-refractivity contribution in [1.82, 2.24) is 5.32 Å². The molecule has 7 nitrogen and oxygen atoms in total. The quantitative estimate of drug-likeness (QED) is 0.108. The monoisotopic (exact) mass is 621 g/mol. The highest BCUT2D eigenvalue weighted by molar-refractivity contribution is 8.00. The molecule has 0 radical (unpaired) electrons. The average Bonchev–Trinajstić information content (AvgIpc) is 3.51. The maximum atomic E-state index is 13.4. The topological polar surface area (TPSA) is 100 Å². The third-order valence-corrected chi connectivity index (χ3v) is 7.75. The van der Waals surface area contributed by atoms with E-state index in [1.807, 2.05) is 43.3 Å². The van der Waals surface area contributed by atoms with Crippen LogP contribution in [-0.2, 0) is 9.59 Å². The highest BCUT2D eigenvalue weighted by Crippen LogP contribution is 2.25. The predicted molar refractivity (Wildman–Crippen MR) is 177 cm³/mol. The summed E-state index contributed by atoms with van der Waals surface area (Å²) in [4.78, 5) is 39.6. The minimum absolute atomic E-state index is 0.0124. The number of carbonyl (C=O) groups excluding carboxylic acids is 3. The zero-order valence-corrected chi connectivity index (χ0v) is 25.2. The molecule has 4 aromatic carbocycles. The third kappa shape index (κ3) is 8.28. The zero-order valence-electron chi connectivity index (χ0n) is 23.7. The first-order valence-electron chi connectivity index (χ1n) is 13.7. The van der Waals surface area contributed by atoms with E-state index in [9.17, 15) is 14.4 Å². The van der Waals surface area contributed by atoms with Crippen LogP contribution in [0.15, 0.2) is 130 Å².